The molecule has 22 heavy (non-hydrogen) atoms. The molecular weight excluding hydrogens is 280 g/mol. The van der Waals surface area contributed by atoms with E-state index in [1.165, 1.54) is 12.3 Å². The number of hydrogen-bond donors (Lipinski definition) is 2. The van der Waals surface area contributed by atoms with Gasteiger partial charge in [0, 0.05) is 36.7 Å². The van der Waals surface area contributed by atoms with Crippen LogP contribution in [0.4, 0.5) is 0 Å². The van der Waals surface area contributed by atoms with Gasteiger partial charge < -0.3 is 10.6 Å². The van der Waals surface area contributed by atoms with E-state index in [0.717, 1.165) is 5.56 Å². The van der Waals surface area contributed by atoms with Crippen LogP contribution in [0.2, 0.25) is 0 Å². The number of carbonyl (C=O) groups is 2. The first kappa shape index (κ1) is 15.6. The average Bonchev–Trinajstić information content (AvgIpc) is 2.53. The van der Waals surface area contributed by atoms with Gasteiger partial charge in [0.25, 0.3) is 11.8 Å². The summed E-state index contributed by atoms with van der Waals surface area (Å²) in [6.45, 7) is 4.10. The number of rotatable bonds is 5. The molecule has 2 heterocycles. The van der Waals surface area contributed by atoms with Gasteiger partial charge in [-0.15, -0.1) is 0 Å². The van der Waals surface area contributed by atoms with Crippen molar-refractivity contribution in [3.8, 4) is 0 Å². The van der Waals surface area contributed by atoms with Crippen molar-refractivity contribution in [2.45, 2.75) is 26.4 Å². The van der Waals surface area contributed by atoms with Crippen LogP contribution in [0.1, 0.15) is 40.3 Å². The van der Waals surface area contributed by atoms with Crippen molar-refractivity contribution in [3.63, 3.8) is 0 Å². The van der Waals surface area contributed by atoms with E-state index in [4.69, 9.17) is 0 Å². The Morgan fingerprint density at radius 3 is 2.68 bits per heavy atom. The third-order valence-electron chi connectivity index (χ3n) is 2.85. The van der Waals surface area contributed by atoms with Crippen molar-refractivity contribution in [1.82, 2.24) is 20.6 Å². The first-order chi connectivity index (χ1) is 10.6. The van der Waals surface area contributed by atoms with E-state index in [1.54, 1.807) is 18.5 Å². The molecule has 2 rings (SSSR count). The van der Waals surface area contributed by atoms with Crippen LogP contribution in [0, 0.1) is 0 Å². The van der Waals surface area contributed by atoms with Gasteiger partial charge in [0.05, 0.1) is 0 Å². The Morgan fingerprint density at radius 2 is 2.00 bits per heavy atom. The first-order valence-corrected chi connectivity index (χ1v) is 7.00. The third kappa shape index (κ3) is 4.37. The predicted octanol–water partition coefficient (Wildman–Crippen LogP) is 1.54. The molecular formula is C16H18N4O2. The Kier molecular flexibility index (Phi) is 5.19. The molecule has 6 nitrogen and oxygen atoms in total. The zero-order chi connectivity index (χ0) is 15.9. The van der Waals surface area contributed by atoms with Gasteiger partial charge in [-0.2, -0.15) is 0 Å². The fourth-order valence-electron chi connectivity index (χ4n) is 1.82. The lowest BCUT2D eigenvalue weighted by molar-refractivity contribution is 0.0938. The molecule has 2 N–H and O–H groups in total. The molecule has 0 bridgehead atoms. The van der Waals surface area contributed by atoms with Crippen LogP contribution < -0.4 is 10.6 Å². The van der Waals surface area contributed by atoms with Crippen LogP contribution in [-0.2, 0) is 6.54 Å². The Bertz CT molecular complexity index is 656. The first-order valence-electron chi connectivity index (χ1n) is 7.00. The molecule has 2 aromatic heterocycles. The van der Waals surface area contributed by atoms with E-state index in [9.17, 15) is 9.59 Å². The van der Waals surface area contributed by atoms with Crippen molar-refractivity contribution in [3.05, 3.63) is 59.7 Å². The third-order valence-corrected chi connectivity index (χ3v) is 2.85. The summed E-state index contributed by atoms with van der Waals surface area (Å²) in [5.74, 6) is -0.554. The maximum Gasteiger partial charge on any atom is 0.270 e. The summed E-state index contributed by atoms with van der Waals surface area (Å²) in [6, 6.07) is 6.75. The zero-order valence-electron chi connectivity index (χ0n) is 12.5. The summed E-state index contributed by atoms with van der Waals surface area (Å²) in [5, 5.41) is 5.53. The second kappa shape index (κ2) is 7.31. The fourth-order valence-corrected chi connectivity index (χ4v) is 1.82. The minimum atomic E-state index is -0.295. The maximum atomic E-state index is 12.1. The Hall–Kier alpha value is -2.76. The molecule has 0 saturated carbocycles. The molecule has 0 unspecified atom stereocenters. The quantitative estimate of drug-likeness (QED) is 0.877. The van der Waals surface area contributed by atoms with Gasteiger partial charge in [0.1, 0.15) is 5.69 Å². The molecule has 0 aliphatic rings. The van der Waals surface area contributed by atoms with Crippen LogP contribution >= 0.6 is 0 Å². The van der Waals surface area contributed by atoms with E-state index < -0.39 is 0 Å². The molecule has 0 aliphatic heterocycles. The van der Waals surface area contributed by atoms with Crippen LogP contribution in [0.3, 0.4) is 0 Å². The van der Waals surface area contributed by atoms with Crippen molar-refractivity contribution in [1.29, 1.82) is 0 Å². The van der Waals surface area contributed by atoms with Gasteiger partial charge in [-0.3, -0.25) is 19.6 Å². The lowest BCUT2D eigenvalue weighted by Crippen LogP contribution is -2.31. The average molecular weight is 298 g/mol. The monoisotopic (exact) mass is 298 g/mol. The molecule has 0 atom stereocenters. The second-order valence-electron chi connectivity index (χ2n) is 5.10. The zero-order valence-corrected chi connectivity index (χ0v) is 12.5. The van der Waals surface area contributed by atoms with E-state index in [0.29, 0.717) is 12.1 Å². The molecule has 0 aliphatic carbocycles. The summed E-state index contributed by atoms with van der Waals surface area (Å²) < 4.78 is 0. The number of nitrogens with one attached hydrogen (secondary N) is 2. The summed E-state index contributed by atoms with van der Waals surface area (Å²) in [7, 11) is 0. The van der Waals surface area contributed by atoms with E-state index in [1.807, 2.05) is 26.0 Å². The van der Waals surface area contributed by atoms with Crippen LogP contribution in [0.15, 0.2) is 42.9 Å². The normalized spacial score (nSPS) is 10.3. The number of pyridine rings is 2. The molecule has 0 aromatic carbocycles. The number of aromatic nitrogens is 2. The molecule has 0 radical (unpaired) electrons. The minimum absolute atomic E-state index is 0.0114. The number of carbonyl (C=O) groups excluding carboxylic acids is 2. The van der Waals surface area contributed by atoms with Crippen LogP contribution in [0.5, 0.6) is 0 Å². The maximum absolute atomic E-state index is 12.1. The Labute approximate surface area is 129 Å². The summed E-state index contributed by atoms with van der Waals surface area (Å²) in [4.78, 5) is 32.0. The largest absolute Gasteiger partial charge is 0.349 e. The molecule has 0 saturated heterocycles. The van der Waals surface area contributed by atoms with Crippen molar-refractivity contribution in [2.24, 2.45) is 0 Å². The van der Waals surface area contributed by atoms with Gasteiger partial charge in [0.15, 0.2) is 0 Å². The lowest BCUT2D eigenvalue weighted by atomic mass is 10.2. The molecule has 114 valence electrons. The van der Waals surface area contributed by atoms with Gasteiger partial charge in [-0.25, -0.2) is 0 Å². The van der Waals surface area contributed by atoms with Crippen molar-refractivity contribution in [2.75, 3.05) is 0 Å². The standard InChI is InChI=1S/C16H18N4O2/c1-11(2)20-16(22)14-8-13(5-7-18-14)15(21)19-10-12-4-3-6-17-9-12/h3-9,11H,10H2,1-2H3,(H,19,21)(H,20,22). The number of nitrogens with zero attached hydrogens (tertiary/aromatic N) is 2. The Morgan fingerprint density at radius 1 is 1.18 bits per heavy atom. The lowest BCUT2D eigenvalue weighted by Gasteiger charge is -2.09. The van der Waals surface area contributed by atoms with Gasteiger partial charge >= 0.3 is 0 Å². The molecule has 2 aromatic rings. The highest BCUT2D eigenvalue weighted by Gasteiger charge is 2.12. The Balaban J connectivity index is 2.02. The smallest absolute Gasteiger partial charge is 0.270 e. The molecule has 0 fully saturated rings. The van der Waals surface area contributed by atoms with Gasteiger partial charge in [0.2, 0.25) is 0 Å². The van der Waals surface area contributed by atoms with Crippen molar-refractivity contribution >= 4 is 11.8 Å². The van der Waals surface area contributed by atoms with Crippen LogP contribution in [-0.4, -0.2) is 27.8 Å². The highest BCUT2D eigenvalue weighted by Crippen LogP contribution is 2.04. The summed E-state index contributed by atoms with van der Waals surface area (Å²) in [5.41, 5.74) is 1.53. The van der Waals surface area contributed by atoms with Crippen LogP contribution in [0.25, 0.3) is 0 Å². The molecule has 6 heteroatoms. The highest BCUT2D eigenvalue weighted by molar-refractivity contribution is 5.98. The second-order valence-corrected chi connectivity index (χ2v) is 5.10. The SMILES string of the molecule is CC(C)NC(=O)c1cc(C(=O)NCc2cccnc2)ccn1. The number of amides is 2. The van der Waals surface area contributed by atoms with E-state index >= 15 is 0 Å². The topological polar surface area (TPSA) is 84.0 Å². The number of hydrogen-bond acceptors (Lipinski definition) is 4. The van der Waals surface area contributed by atoms with Gasteiger partial charge in [-0.05, 0) is 37.6 Å². The summed E-state index contributed by atoms with van der Waals surface area (Å²) in [6.07, 6.45) is 4.82. The molecule has 0 spiro atoms. The fraction of sp³-hybridized carbons (Fsp3) is 0.250. The highest BCUT2D eigenvalue weighted by atomic mass is 16.2. The van der Waals surface area contributed by atoms with E-state index in [-0.39, 0.29) is 23.6 Å². The summed E-state index contributed by atoms with van der Waals surface area (Å²) >= 11 is 0. The van der Waals surface area contributed by atoms with Crippen molar-refractivity contribution < 1.29 is 9.59 Å². The predicted molar refractivity (Wildman–Crippen MR) is 82.2 cm³/mol. The molecule has 2 amide bonds. The van der Waals surface area contributed by atoms with Gasteiger partial charge in [-0.1, -0.05) is 6.07 Å². The minimum Gasteiger partial charge on any atom is -0.349 e. The van der Waals surface area contributed by atoms with E-state index in [2.05, 4.69) is 20.6 Å².